The molecule has 3 rings (SSSR count). The van der Waals surface area contributed by atoms with Crippen LogP contribution >= 0.6 is 0 Å². The number of aromatic carboxylic acids is 1. The minimum Gasteiger partial charge on any atom is -0.492 e. The zero-order chi connectivity index (χ0) is 11.5. The summed E-state index contributed by atoms with van der Waals surface area (Å²) in [5.41, 5.74) is 0.278. The van der Waals surface area contributed by atoms with Crippen LogP contribution in [0.15, 0.2) is 18.2 Å². The van der Waals surface area contributed by atoms with E-state index in [4.69, 9.17) is 9.84 Å². The zero-order valence-corrected chi connectivity index (χ0v) is 8.11. The largest absolute Gasteiger partial charge is 0.492 e. The smallest absolute Gasteiger partial charge is 0.339 e. The van der Waals surface area contributed by atoms with Crippen molar-refractivity contribution in [3.8, 4) is 5.75 Å². The van der Waals surface area contributed by atoms with Gasteiger partial charge in [0.2, 0.25) is 0 Å². The molecule has 3 nitrogen and oxygen atoms in total. The van der Waals surface area contributed by atoms with Gasteiger partial charge in [-0.15, -0.1) is 0 Å². The van der Waals surface area contributed by atoms with Crippen LogP contribution in [0.2, 0.25) is 0 Å². The molecular formula is C11H8F2O3. The number of carboxylic acids is 1. The van der Waals surface area contributed by atoms with E-state index in [0.29, 0.717) is 5.56 Å². The molecule has 0 amide bonds. The molecule has 1 fully saturated rings. The minimum absolute atomic E-state index is 0.0429. The number of rotatable bonds is 1. The summed E-state index contributed by atoms with van der Waals surface area (Å²) in [6, 6.07) is 4.35. The van der Waals surface area contributed by atoms with E-state index in [1.807, 2.05) is 0 Å². The number of carbonyl (C=O) groups is 1. The lowest BCUT2D eigenvalue weighted by molar-refractivity contribution is 0.0690. The Hall–Kier alpha value is -1.65. The van der Waals surface area contributed by atoms with Gasteiger partial charge in [0.15, 0.2) is 0 Å². The number of hydrogen-bond donors (Lipinski definition) is 1. The number of fused-ring (bicyclic) bond motifs is 3. The molecule has 1 N–H and O–H groups in total. The van der Waals surface area contributed by atoms with Gasteiger partial charge in [0, 0.05) is 5.56 Å². The standard InChI is InChI=1S/C11H8F2O3/c12-11(13)7-4-16-9-5(8(7)11)2-1-3-6(9)10(14)15/h1-3,7-8H,4H2,(H,14,15). The highest BCUT2D eigenvalue weighted by atomic mass is 19.3. The van der Waals surface area contributed by atoms with Crippen molar-refractivity contribution >= 4 is 5.97 Å². The molecule has 16 heavy (non-hydrogen) atoms. The third-order valence-electron chi connectivity index (χ3n) is 3.22. The Morgan fingerprint density at radius 2 is 2.25 bits per heavy atom. The van der Waals surface area contributed by atoms with Crippen LogP contribution in [0, 0.1) is 5.92 Å². The van der Waals surface area contributed by atoms with Gasteiger partial charge in [0.25, 0.3) is 5.92 Å². The Morgan fingerprint density at radius 1 is 1.50 bits per heavy atom. The Balaban J connectivity index is 2.13. The van der Waals surface area contributed by atoms with Crippen molar-refractivity contribution in [1.82, 2.24) is 0 Å². The van der Waals surface area contributed by atoms with Crippen molar-refractivity contribution in [3.63, 3.8) is 0 Å². The highest BCUT2D eigenvalue weighted by molar-refractivity contribution is 5.91. The maximum absolute atomic E-state index is 13.3. The van der Waals surface area contributed by atoms with Gasteiger partial charge in [-0.05, 0) is 6.07 Å². The topological polar surface area (TPSA) is 46.5 Å². The summed E-state index contributed by atoms with van der Waals surface area (Å²) in [6.45, 7) is -0.102. The minimum atomic E-state index is -2.75. The fourth-order valence-electron chi connectivity index (χ4n) is 2.32. The van der Waals surface area contributed by atoms with E-state index in [-0.39, 0.29) is 17.9 Å². The Morgan fingerprint density at radius 3 is 2.94 bits per heavy atom. The first-order chi connectivity index (χ1) is 7.53. The predicted molar refractivity (Wildman–Crippen MR) is 50.1 cm³/mol. The molecule has 1 heterocycles. The van der Waals surface area contributed by atoms with E-state index in [0.717, 1.165) is 0 Å². The molecule has 5 heteroatoms. The Kier molecular flexibility index (Phi) is 1.63. The summed E-state index contributed by atoms with van der Waals surface area (Å²) >= 11 is 0. The maximum Gasteiger partial charge on any atom is 0.339 e. The normalized spacial score (nSPS) is 28.6. The van der Waals surface area contributed by atoms with Crippen molar-refractivity contribution in [1.29, 1.82) is 0 Å². The summed E-state index contributed by atoms with van der Waals surface area (Å²) < 4.78 is 31.7. The van der Waals surface area contributed by atoms with Crippen LogP contribution in [0.1, 0.15) is 21.8 Å². The number of alkyl halides is 2. The first kappa shape index (κ1) is 9.57. The second-order valence-corrected chi connectivity index (χ2v) is 4.10. The van der Waals surface area contributed by atoms with E-state index in [9.17, 15) is 13.6 Å². The van der Waals surface area contributed by atoms with Crippen LogP contribution in [-0.2, 0) is 0 Å². The van der Waals surface area contributed by atoms with Crippen LogP contribution in [-0.4, -0.2) is 23.6 Å². The number of benzene rings is 1. The first-order valence-electron chi connectivity index (χ1n) is 4.90. The summed E-state index contributed by atoms with van der Waals surface area (Å²) in [7, 11) is 0. The van der Waals surface area contributed by atoms with E-state index in [1.54, 1.807) is 0 Å². The van der Waals surface area contributed by atoms with Gasteiger partial charge < -0.3 is 9.84 Å². The molecule has 0 saturated heterocycles. The average molecular weight is 226 g/mol. The van der Waals surface area contributed by atoms with Crippen molar-refractivity contribution < 1.29 is 23.4 Å². The second-order valence-electron chi connectivity index (χ2n) is 4.10. The molecule has 1 aliphatic heterocycles. The molecule has 2 aliphatic rings. The van der Waals surface area contributed by atoms with Gasteiger partial charge in [0.1, 0.15) is 11.3 Å². The van der Waals surface area contributed by atoms with Gasteiger partial charge in [-0.2, -0.15) is 0 Å². The zero-order valence-electron chi connectivity index (χ0n) is 8.11. The summed E-state index contributed by atoms with van der Waals surface area (Å²) in [4.78, 5) is 10.9. The van der Waals surface area contributed by atoms with E-state index in [2.05, 4.69) is 0 Å². The maximum atomic E-state index is 13.3. The first-order valence-corrected chi connectivity index (χ1v) is 4.90. The molecule has 1 aromatic carbocycles. The van der Waals surface area contributed by atoms with Crippen LogP contribution in [0.4, 0.5) is 8.78 Å². The summed E-state index contributed by atoms with van der Waals surface area (Å²) in [6.07, 6.45) is 0. The van der Waals surface area contributed by atoms with Gasteiger partial charge in [-0.25, -0.2) is 13.6 Å². The lowest BCUT2D eigenvalue weighted by Gasteiger charge is -2.16. The van der Waals surface area contributed by atoms with E-state index < -0.39 is 23.7 Å². The average Bonchev–Trinajstić information content (AvgIpc) is 2.81. The van der Waals surface area contributed by atoms with Crippen LogP contribution in [0.5, 0.6) is 5.75 Å². The second kappa shape index (κ2) is 2.72. The van der Waals surface area contributed by atoms with Crippen LogP contribution in [0.3, 0.4) is 0 Å². The Bertz CT molecular complexity index is 484. The molecule has 0 aromatic heterocycles. The lowest BCUT2D eigenvalue weighted by atomic mass is 10.0. The van der Waals surface area contributed by atoms with Crippen LogP contribution < -0.4 is 4.74 Å². The fraction of sp³-hybridized carbons (Fsp3) is 0.364. The number of halogens is 2. The monoisotopic (exact) mass is 226 g/mol. The van der Waals surface area contributed by atoms with Crippen molar-refractivity contribution in [3.05, 3.63) is 29.3 Å². The molecule has 1 aromatic rings. The lowest BCUT2D eigenvalue weighted by Crippen LogP contribution is -2.12. The third kappa shape index (κ3) is 1.03. The number of hydrogen-bond acceptors (Lipinski definition) is 2. The molecule has 2 atom stereocenters. The number of ether oxygens (including phenoxy) is 1. The Labute approximate surface area is 89.6 Å². The molecule has 0 bridgehead atoms. The quantitative estimate of drug-likeness (QED) is 0.797. The predicted octanol–water partition coefficient (Wildman–Crippen LogP) is 2.13. The van der Waals surface area contributed by atoms with E-state index >= 15 is 0 Å². The van der Waals surface area contributed by atoms with Gasteiger partial charge in [-0.1, -0.05) is 12.1 Å². The van der Waals surface area contributed by atoms with Gasteiger partial charge >= 0.3 is 5.97 Å². The summed E-state index contributed by atoms with van der Waals surface area (Å²) in [5, 5.41) is 8.90. The molecular weight excluding hydrogens is 218 g/mol. The SMILES string of the molecule is O=C(O)c1cccc2c1OCC1C2C1(F)F. The molecule has 84 valence electrons. The summed E-state index contributed by atoms with van der Waals surface area (Å²) in [5.74, 6) is -5.45. The van der Waals surface area contributed by atoms with Crippen molar-refractivity contribution in [2.24, 2.45) is 5.92 Å². The molecule has 0 radical (unpaired) electrons. The molecule has 1 aliphatic carbocycles. The molecule has 0 spiro atoms. The highest BCUT2D eigenvalue weighted by Gasteiger charge is 2.71. The van der Waals surface area contributed by atoms with Crippen molar-refractivity contribution in [2.45, 2.75) is 11.8 Å². The number of para-hydroxylation sites is 1. The van der Waals surface area contributed by atoms with Gasteiger partial charge in [-0.3, -0.25) is 0 Å². The van der Waals surface area contributed by atoms with Crippen molar-refractivity contribution in [2.75, 3.05) is 6.61 Å². The fourth-order valence-corrected chi connectivity index (χ4v) is 2.32. The highest BCUT2D eigenvalue weighted by Crippen LogP contribution is 2.65. The van der Waals surface area contributed by atoms with E-state index in [1.165, 1.54) is 18.2 Å². The van der Waals surface area contributed by atoms with Crippen LogP contribution in [0.25, 0.3) is 0 Å². The molecule has 2 unspecified atom stereocenters. The third-order valence-corrected chi connectivity index (χ3v) is 3.22. The molecule has 1 saturated carbocycles. The number of carboxylic acid groups (broad SMARTS) is 1. The van der Waals surface area contributed by atoms with Gasteiger partial charge in [0.05, 0.1) is 18.4 Å².